The van der Waals surface area contributed by atoms with Crippen LogP contribution in [0.25, 0.3) is 0 Å². The molecule has 0 N–H and O–H groups in total. The molecule has 8 atom stereocenters. The number of unbranched alkanes of at least 4 members (excludes halogenated alkanes) is 2. The molecule has 222 valence electrons. The maximum Gasteiger partial charge on any atom is 0.134 e. The Kier molecular flexibility index (Phi) is 12.2. The molecule has 0 aromatic rings. The summed E-state index contributed by atoms with van der Waals surface area (Å²) in [6.45, 7) is 6.69. The van der Waals surface area contributed by atoms with E-state index in [0.717, 1.165) is 57.3 Å². The summed E-state index contributed by atoms with van der Waals surface area (Å²) in [4.78, 5) is 0. The molecule has 0 amide bonds. The average Bonchev–Trinajstić information content (AvgIpc) is 2.92. The molecule has 0 heterocycles. The highest BCUT2D eigenvalue weighted by atomic mass is 19.2. The van der Waals surface area contributed by atoms with E-state index < -0.39 is 18.5 Å². The molecule has 0 bridgehead atoms. The topological polar surface area (TPSA) is 0 Å². The van der Waals surface area contributed by atoms with Gasteiger partial charge < -0.3 is 0 Å². The number of hydrogen-bond donors (Lipinski definition) is 0. The summed E-state index contributed by atoms with van der Waals surface area (Å²) in [5.74, 6) is 3.64. The minimum atomic E-state index is -1.26. The Hall–Kier alpha value is -0.210. The predicted molar refractivity (Wildman–Crippen MR) is 155 cm³/mol. The fraction of sp³-hybridized carbons (Fsp3) is 1.00. The number of hydrogen-bond acceptors (Lipinski definition) is 0. The first-order chi connectivity index (χ1) is 18.4. The lowest BCUT2D eigenvalue weighted by molar-refractivity contribution is -0.0315. The molecule has 4 aliphatic rings. The molecule has 4 saturated carbocycles. The highest BCUT2D eigenvalue weighted by molar-refractivity contribution is 4.94. The van der Waals surface area contributed by atoms with Crippen LogP contribution in [0.5, 0.6) is 0 Å². The monoisotopic (exact) mass is 538 g/mol. The van der Waals surface area contributed by atoms with Crippen molar-refractivity contribution in [1.82, 2.24) is 0 Å². The minimum absolute atomic E-state index is 0.0347. The van der Waals surface area contributed by atoms with Gasteiger partial charge in [0, 0.05) is 0 Å². The van der Waals surface area contributed by atoms with Gasteiger partial charge >= 0.3 is 0 Å². The van der Waals surface area contributed by atoms with Gasteiger partial charge in [0.2, 0.25) is 0 Å². The highest BCUT2D eigenvalue weighted by Crippen LogP contribution is 2.48. The van der Waals surface area contributed by atoms with Crippen molar-refractivity contribution in [1.29, 1.82) is 0 Å². The third-order valence-corrected chi connectivity index (χ3v) is 12.3. The van der Waals surface area contributed by atoms with Gasteiger partial charge in [0.15, 0.2) is 0 Å². The second-order valence-electron chi connectivity index (χ2n) is 14.7. The Morgan fingerprint density at radius 3 is 1.92 bits per heavy atom. The van der Waals surface area contributed by atoms with Crippen LogP contribution in [0.4, 0.5) is 13.2 Å². The van der Waals surface area contributed by atoms with Gasteiger partial charge in [-0.05, 0) is 124 Å². The molecular weight excluding hydrogens is 477 g/mol. The first kappa shape index (κ1) is 30.7. The van der Waals surface area contributed by atoms with Gasteiger partial charge in [-0.25, -0.2) is 13.2 Å². The molecule has 4 fully saturated rings. The van der Waals surface area contributed by atoms with Crippen molar-refractivity contribution in [3.63, 3.8) is 0 Å². The van der Waals surface area contributed by atoms with Crippen LogP contribution in [0.15, 0.2) is 0 Å². The Morgan fingerprint density at radius 1 is 0.605 bits per heavy atom. The van der Waals surface area contributed by atoms with E-state index in [1.165, 1.54) is 77.0 Å². The van der Waals surface area contributed by atoms with E-state index in [-0.39, 0.29) is 17.8 Å². The van der Waals surface area contributed by atoms with Gasteiger partial charge in [-0.1, -0.05) is 78.6 Å². The van der Waals surface area contributed by atoms with Crippen molar-refractivity contribution in [2.45, 2.75) is 168 Å². The van der Waals surface area contributed by atoms with Crippen LogP contribution in [0.3, 0.4) is 0 Å². The van der Waals surface area contributed by atoms with E-state index in [1.807, 2.05) is 0 Å². The van der Waals surface area contributed by atoms with Crippen LogP contribution in [0.1, 0.15) is 149 Å². The third kappa shape index (κ3) is 7.96. The van der Waals surface area contributed by atoms with E-state index in [2.05, 4.69) is 20.8 Å². The maximum atomic E-state index is 15.5. The molecule has 8 unspecified atom stereocenters. The van der Waals surface area contributed by atoms with E-state index in [1.54, 1.807) is 0 Å². The van der Waals surface area contributed by atoms with Crippen molar-refractivity contribution >= 4 is 0 Å². The summed E-state index contributed by atoms with van der Waals surface area (Å²) in [6.07, 6.45) is 19.8. The maximum absolute atomic E-state index is 15.5. The fourth-order valence-electron chi connectivity index (χ4n) is 9.80. The van der Waals surface area contributed by atoms with Gasteiger partial charge in [-0.3, -0.25) is 0 Å². The Labute approximate surface area is 234 Å². The molecule has 0 nitrogen and oxygen atoms in total. The normalized spacial score (nSPS) is 43.6. The van der Waals surface area contributed by atoms with E-state index >= 15 is 8.78 Å². The molecule has 0 aliphatic heterocycles. The van der Waals surface area contributed by atoms with Crippen molar-refractivity contribution < 1.29 is 13.2 Å². The van der Waals surface area contributed by atoms with Crippen LogP contribution < -0.4 is 0 Å². The summed E-state index contributed by atoms with van der Waals surface area (Å²) in [5, 5.41) is 0. The van der Waals surface area contributed by atoms with Crippen LogP contribution in [0.2, 0.25) is 0 Å². The Balaban J connectivity index is 1.17. The smallest absolute Gasteiger partial charge is 0.134 e. The van der Waals surface area contributed by atoms with E-state index in [0.29, 0.717) is 29.6 Å². The summed E-state index contributed by atoms with van der Waals surface area (Å²) < 4.78 is 45.9. The van der Waals surface area contributed by atoms with Gasteiger partial charge in [-0.2, -0.15) is 0 Å². The number of rotatable bonds is 11. The standard InChI is InChI=1S/C35H61F3/c1-4-6-7-9-29-18-19-30(23-33(29)36)27-14-12-26(13-15-27)22-24(3)31-20-21-32(35(38)34(31)37)28-16-10-25(8-5-2)11-17-28/h24-35H,4-23H2,1-3H3. The van der Waals surface area contributed by atoms with Crippen LogP contribution >= 0.6 is 0 Å². The predicted octanol–water partition coefficient (Wildman–Crippen LogP) is 11.5. The highest BCUT2D eigenvalue weighted by Gasteiger charge is 2.46. The summed E-state index contributed by atoms with van der Waals surface area (Å²) in [7, 11) is 0. The lowest BCUT2D eigenvalue weighted by Gasteiger charge is -2.44. The summed E-state index contributed by atoms with van der Waals surface area (Å²) >= 11 is 0. The van der Waals surface area contributed by atoms with Gasteiger partial charge in [-0.15, -0.1) is 0 Å². The fourth-order valence-corrected chi connectivity index (χ4v) is 9.80. The Bertz CT molecular complexity index is 650. The zero-order valence-corrected chi connectivity index (χ0v) is 25.2. The van der Waals surface area contributed by atoms with Crippen molar-refractivity contribution in [3.05, 3.63) is 0 Å². The average molecular weight is 539 g/mol. The molecule has 3 heteroatoms. The third-order valence-electron chi connectivity index (χ3n) is 12.3. The number of alkyl halides is 3. The molecule has 0 aromatic carbocycles. The molecule has 0 spiro atoms. The lowest BCUT2D eigenvalue weighted by atomic mass is 9.64. The van der Waals surface area contributed by atoms with E-state index in [9.17, 15) is 4.39 Å². The first-order valence-electron chi connectivity index (χ1n) is 17.3. The molecule has 0 radical (unpaired) electrons. The van der Waals surface area contributed by atoms with Crippen molar-refractivity contribution in [3.8, 4) is 0 Å². The van der Waals surface area contributed by atoms with E-state index in [4.69, 9.17) is 0 Å². The summed E-state index contributed by atoms with van der Waals surface area (Å²) in [5.41, 5.74) is 0. The zero-order valence-electron chi connectivity index (χ0n) is 25.2. The molecule has 4 aliphatic carbocycles. The quantitative estimate of drug-likeness (QED) is 0.229. The van der Waals surface area contributed by atoms with Crippen molar-refractivity contribution in [2.24, 2.45) is 53.3 Å². The second kappa shape index (κ2) is 15.1. The zero-order chi connectivity index (χ0) is 27.1. The lowest BCUT2D eigenvalue weighted by Crippen LogP contribution is -2.44. The summed E-state index contributed by atoms with van der Waals surface area (Å²) in [6, 6.07) is 0. The van der Waals surface area contributed by atoms with Gasteiger partial charge in [0.05, 0.1) is 0 Å². The first-order valence-corrected chi connectivity index (χ1v) is 17.3. The minimum Gasteiger partial charge on any atom is -0.247 e. The largest absolute Gasteiger partial charge is 0.247 e. The van der Waals surface area contributed by atoms with Crippen LogP contribution in [-0.2, 0) is 0 Å². The molecule has 0 aromatic heterocycles. The molecular formula is C35H61F3. The molecule has 38 heavy (non-hydrogen) atoms. The second-order valence-corrected chi connectivity index (χ2v) is 14.7. The molecule has 4 rings (SSSR count). The number of halogens is 3. The molecule has 0 saturated heterocycles. The van der Waals surface area contributed by atoms with Gasteiger partial charge in [0.25, 0.3) is 0 Å². The van der Waals surface area contributed by atoms with Gasteiger partial charge in [0.1, 0.15) is 18.5 Å². The van der Waals surface area contributed by atoms with Crippen LogP contribution in [0, 0.1) is 53.3 Å². The SMILES string of the molecule is CCCCCC1CCC(C2CCC(CC(C)C3CCC(C4CCC(CCC)CC4)C(F)C3F)CC2)CC1F. The van der Waals surface area contributed by atoms with Crippen molar-refractivity contribution in [2.75, 3.05) is 0 Å². The van der Waals surface area contributed by atoms with Crippen LogP contribution in [-0.4, -0.2) is 18.5 Å². The Morgan fingerprint density at radius 2 is 1.26 bits per heavy atom.